The monoisotopic (exact) mass is 610 g/mol. The Morgan fingerprint density at radius 3 is 2.19 bits per heavy atom. The highest BCUT2D eigenvalue weighted by Gasteiger charge is 2.28. The molecule has 0 bridgehead atoms. The number of ether oxygens (including phenoxy) is 3. The van der Waals surface area contributed by atoms with Gasteiger partial charge in [0.05, 0.1) is 44.0 Å². The number of nitrogens with one attached hydrogen (secondary N) is 1. The van der Waals surface area contributed by atoms with Gasteiger partial charge in [0.2, 0.25) is 15.9 Å². The van der Waals surface area contributed by atoms with Crippen LogP contribution in [-0.4, -0.2) is 52.5 Å². The molecule has 3 aromatic carbocycles. The lowest BCUT2D eigenvalue weighted by atomic mass is 10.1. The maximum atomic E-state index is 13.5. The lowest BCUT2D eigenvalue weighted by Gasteiger charge is -2.23. The molecular formula is C25H24BrClN2O7S. The van der Waals surface area contributed by atoms with E-state index in [1.54, 1.807) is 36.4 Å². The quantitative estimate of drug-likeness (QED) is 0.330. The number of nitrogens with zero attached hydrogens (tertiary/aromatic N) is 1. The molecule has 3 aromatic rings. The van der Waals surface area contributed by atoms with Gasteiger partial charge in [-0.3, -0.25) is 4.79 Å². The Balaban J connectivity index is 1.98. The normalized spacial score (nSPS) is 11.2. The second-order valence-corrected chi connectivity index (χ2v) is 10.9. The van der Waals surface area contributed by atoms with Gasteiger partial charge in [-0.1, -0.05) is 45.7 Å². The Bertz CT molecular complexity index is 1400. The van der Waals surface area contributed by atoms with Crippen molar-refractivity contribution < 1.29 is 32.2 Å². The van der Waals surface area contributed by atoms with Gasteiger partial charge in [0.25, 0.3) is 0 Å². The number of hydrogen-bond donors (Lipinski definition) is 1. The number of rotatable bonds is 10. The number of benzene rings is 3. The molecule has 0 aliphatic carbocycles. The summed E-state index contributed by atoms with van der Waals surface area (Å²) in [5.41, 5.74) is 0.578. The molecule has 0 atom stereocenters. The first-order valence-electron chi connectivity index (χ1n) is 10.7. The summed E-state index contributed by atoms with van der Waals surface area (Å²) in [4.78, 5) is 25.5. The summed E-state index contributed by atoms with van der Waals surface area (Å²) in [6, 6.07) is 15.5. The van der Waals surface area contributed by atoms with Crippen molar-refractivity contribution in [1.29, 1.82) is 0 Å². The van der Waals surface area contributed by atoms with Crippen LogP contribution in [0.3, 0.4) is 0 Å². The summed E-state index contributed by atoms with van der Waals surface area (Å²) in [7, 11) is -0.123. The van der Waals surface area contributed by atoms with E-state index in [1.165, 1.54) is 45.6 Å². The number of amides is 1. The summed E-state index contributed by atoms with van der Waals surface area (Å²) in [5, 5.41) is 2.95. The smallest absolute Gasteiger partial charge is 0.340 e. The maximum absolute atomic E-state index is 13.5. The Hall–Kier alpha value is -3.12. The molecule has 0 fully saturated rings. The Kier molecular flexibility index (Phi) is 9.55. The molecule has 0 saturated carbocycles. The first-order valence-corrected chi connectivity index (χ1v) is 13.3. The van der Waals surface area contributed by atoms with E-state index in [0.717, 1.165) is 4.31 Å². The molecule has 9 nitrogen and oxygen atoms in total. The van der Waals surface area contributed by atoms with Gasteiger partial charge in [0, 0.05) is 28.2 Å². The van der Waals surface area contributed by atoms with Crippen molar-refractivity contribution in [3.8, 4) is 11.5 Å². The standard InChI is InChI=1S/C25H24BrClN2O7S/c1-34-22-12-19(25(31)36-3)21(13-23(22)35-2)28-24(30)15-29(14-16-6-4-5-7-20(16)27)37(32,33)18-10-8-17(26)9-11-18/h4-13H,14-15H2,1-3H3,(H,28,30). The fourth-order valence-electron chi connectivity index (χ4n) is 3.41. The molecule has 0 aliphatic rings. The third-order valence-corrected chi connectivity index (χ3v) is 7.98. The van der Waals surface area contributed by atoms with Crippen molar-refractivity contribution in [3.63, 3.8) is 0 Å². The minimum Gasteiger partial charge on any atom is -0.493 e. The number of esters is 1. The molecule has 0 spiro atoms. The van der Waals surface area contributed by atoms with Gasteiger partial charge < -0.3 is 19.5 Å². The Morgan fingerprint density at radius 2 is 1.59 bits per heavy atom. The summed E-state index contributed by atoms with van der Waals surface area (Å²) in [6.07, 6.45) is 0. The van der Waals surface area contributed by atoms with Crippen molar-refractivity contribution in [2.75, 3.05) is 33.2 Å². The van der Waals surface area contributed by atoms with E-state index in [1.807, 2.05) is 0 Å². The number of hydrogen-bond acceptors (Lipinski definition) is 7. The lowest BCUT2D eigenvalue weighted by Crippen LogP contribution is -2.37. The van der Waals surface area contributed by atoms with Gasteiger partial charge >= 0.3 is 5.97 Å². The minimum atomic E-state index is -4.12. The fourth-order valence-corrected chi connectivity index (χ4v) is 5.24. The molecular weight excluding hydrogens is 588 g/mol. The van der Waals surface area contributed by atoms with Crippen LogP contribution in [0.2, 0.25) is 5.02 Å². The van der Waals surface area contributed by atoms with Gasteiger partial charge in [-0.05, 0) is 35.9 Å². The predicted molar refractivity (Wildman–Crippen MR) is 143 cm³/mol. The first kappa shape index (κ1) is 28.5. The van der Waals surface area contributed by atoms with E-state index in [-0.39, 0.29) is 34.2 Å². The van der Waals surface area contributed by atoms with Crippen molar-refractivity contribution in [2.45, 2.75) is 11.4 Å². The summed E-state index contributed by atoms with van der Waals surface area (Å²) in [5.74, 6) is -0.934. The minimum absolute atomic E-state index is 0.00178. The summed E-state index contributed by atoms with van der Waals surface area (Å²) in [6.45, 7) is -0.736. The highest BCUT2D eigenvalue weighted by atomic mass is 79.9. The molecule has 0 saturated heterocycles. The first-order chi connectivity index (χ1) is 17.6. The number of carbonyl (C=O) groups is 2. The molecule has 3 rings (SSSR count). The molecule has 0 aliphatic heterocycles. The fraction of sp³-hybridized carbons (Fsp3) is 0.200. The molecule has 0 aromatic heterocycles. The van der Waals surface area contributed by atoms with Crippen LogP contribution >= 0.6 is 27.5 Å². The van der Waals surface area contributed by atoms with Crippen LogP contribution in [0.15, 0.2) is 70.0 Å². The van der Waals surface area contributed by atoms with E-state index in [4.69, 9.17) is 25.8 Å². The summed E-state index contributed by atoms with van der Waals surface area (Å²) < 4.78 is 44.1. The number of halogens is 2. The van der Waals surface area contributed by atoms with Crippen LogP contribution in [0.25, 0.3) is 0 Å². The molecule has 12 heteroatoms. The average molecular weight is 612 g/mol. The van der Waals surface area contributed by atoms with E-state index in [9.17, 15) is 18.0 Å². The lowest BCUT2D eigenvalue weighted by molar-refractivity contribution is -0.116. The van der Waals surface area contributed by atoms with Crippen molar-refractivity contribution in [2.24, 2.45) is 0 Å². The van der Waals surface area contributed by atoms with Gasteiger partial charge in [-0.2, -0.15) is 4.31 Å². The van der Waals surface area contributed by atoms with Crippen LogP contribution in [-0.2, 0) is 26.1 Å². The van der Waals surface area contributed by atoms with Gasteiger partial charge in [0.1, 0.15) is 0 Å². The van der Waals surface area contributed by atoms with Gasteiger partial charge in [0.15, 0.2) is 11.5 Å². The number of sulfonamides is 1. The second kappa shape index (κ2) is 12.4. The average Bonchev–Trinajstić information content (AvgIpc) is 2.88. The molecule has 0 unspecified atom stereocenters. The molecule has 0 heterocycles. The van der Waals surface area contributed by atoms with Crippen LogP contribution in [0, 0.1) is 0 Å². The largest absolute Gasteiger partial charge is 0.493 e. The van der Waals surface area contributed by atoms with E-state index in [2.05, 4.69) is 21.2 Å². The number of carbonyl (C=O) groups excluding carboxylic acids is 2. The highest BCUT2D eigenvalue weighted by molar-refractivity contribution is 9.10. The van der Waals surface area contributed by atoms with Crippen LogP contribution in [0.4, 0.5) is 5.69 Å². The SMILES string of the molecule is COC(=O)c1cc(OC)c(OC)cc1NC(=O)CN(Cc1ccccc1Cl)S(=O)(=O)c1ccc(Br)cc1. The third kappa shape index (κ3) is 6.80. The van der Waals surface area contributed by atoms with E-state index < -0.39 is 28.4 Å². The third-order valence-electron chi connectivity index (χ3n) is 5.28. The second-order valence-electron chi connectivity index (χ2n) is 7.61. The molecule has 37 heavy (non-hydrogen) atoms. The van der Waals surface area contributed by atoms with Gasteiger partial charge in [-0.25, -0.2) is 13.2 Å². The Morgan fingerprint density at radius 1 is 0.973 bits per heavy atom. The zero-order valence-corrected chi connectivity index (χ0v) is 23.3. The highest BCUT2D eigenvalue weighted by Crippen LogP contribution is 2.34. The van der Waals surface area contributed by atoms with Crippen LogP contribution < -0.4 is 14.8 Å². The maximum Gasteiger partial charge on any atom is 0.340 e. The zero-order valence-electron chi connectivity index (χ0n) is 20.2. The molecule has 1 amide bonds. The van der Waals surface area contributed by atoms with Crippen molar-refractivity contribution in [3.05, 3.63) is 81.3 Å². The van der Waals surface area contributed by atoms with Crippen molar-refractivity contribution in [1.82, 2.24) is 4.31 Å². The topological polar surface area (TPSA) is 111 Å². The van der Waals surface area contributed by atoms with Crippen LogP contribution in [0.5, 0.6) is 11.5 Å². The predicted octanol–water partition coefficient (Wildman–Crippen LogP) is 4.74. The van der Waals surface area contributed by atoms with E-state index in [0.29, 0.717) is 15.1 Å². The number of anilines is 1. The van der Waals surface area contributed by atoms with Gasteiger partial charge in [-0.15, -0.1) is 0 Å². The number of methoxy groups -OCH3 is 3. The van der Waals surface area contributed by atoms with Crippen molar-refractivity contribution >= 4 is 55.1 Å². The Labute approximate surface area is 228 Å². The zero-order chi connectivity index (χ0) is 27.2. The molecule has 0 radical (unpaired) electrons. The summed E-state index contributed by atoms with van der Waals surface area (Å²) >= 11 is 9.57. The van der Waals surface area contributed by atoms with E-state index >= 15 is 0 Å². The molecule has 1 N–H and O–H groups in total. The molecule has 196 valence electrons. The van der Waals surface area contributed by atoms with Crippen LogP contribution in [0.1, 0.15) is 15.9 Å².